The van der Waals surface area contributed by atoms with Gasteiger partial charge in [0, 0.05) is 32.0 Å². The number of anilines is 1. The van der Waals surface area contributed by atoms with Gasteiger partial charge in [-0.15, -0.1) is 0 Å². The van der Waals surface area contributed by atoms with Crippen LogP contribution in [0.25, 0.3) is 11.4 Å². The highest BCUT2D eigenvalue weighted by atomic mass is 32.2. The van der Waals surface area contributed by atoms with E-state index in [1.165, 1.54) is 10.6 Å². The number of morpholine rings is 1. The van der Waals surface area contributed by atoms with Crippen LogP contribution in [0.5, 0.6) is 0 Å². The molecule has 0 radical (unpaired) electrons. The van der Waals surface area contributed by atoms with Crippen LogP contribution in [0.1, 0.15) is 0 Å². The Morgan fingerprint density at radius 2 is 2.12 bits per heavy atom. The molecular formula is C15H19N5O3S. The standard InChI is InChI=1S/C15H19N5O3S/c1-24(21,22)20-8-9-23-12(11-20)10-18-15-17-7-5-14(19-15)13-4-2-3-6-16-13/h2-7,12H,8-11H2,1H3,(H,17,18,19). The molecule has 8 nitrogen and oxygen atoms in total. The second-order valence-electron chi connectivity index (χ2n) is 5.48. The first kappa shape index (κ1) is 16.7. The second-order valence-corrected chi connectivity index (χ2v) is 7.46. The van der Waals surface area contributed by atoms with Crippen LogP contribution in [-0.4, -0.2) is 66.3 Å². The van der Waals surface area contributed by atoms with Crippen LogP contribution in [0, 0.1) is 0 Å². The molecule has 1 aliphatic heterocycles. The number of aromatic nitrogens is 3. The van der Waals surface area contributed by atoms with Crippen LogP contribution < -0.4 is 5.32 Å². The number of hydrogen-bond acceptors (Lipinski definition) is 7. The predicted octanol–water partition coefficient (Wildman–Crippen LogP) is 0.611. The van der Waals surface area contributed by atoms with Gasteiger partial charge in [-0.2, -0.15) is 4.31 Å². The lowest BCUT2D eigenvalue weighted by Gasteiger charge is -2.31. The van der Waals surface area contributed by atoms with E-state index in [9.17, 15) is 8.42 Å². The molecule has 2 aromatic heterocycles. The molecule has 3 rings (SSSR count). The zero-order valence-corrected chi connectivity index (χ0v) is 14.1. The summed E-state index contributed by atoms with van der Waals surface area (Å²) in [4.78, 5) is 12.9. The van der Waals surface area contributed by atoms with Crippen molar-refractivity contribution in [1.29, 1.82) is 0 Å². The molecule has 9 heteroatoms. The van der Waals surface area contributed by atoms with Crippen molar-refractivity contribution in [3.05, 3.63) is 36.7 Å². The molecule has 0 spiro atoms. The quantitative estimate of drug-likeness (QED) is 0.844. The lowest BCUT2D eigenvalue weighted by atomic mass is 10.2. The van der Waals surface area contributed by atoms with Gasteiger partial charge in [0.05, 0.1) is 30.4 Å². The fourth-order valence-electron chi connectivity index (χ4n) is 2.42. The molecule has 0 aliphatic carbocycles. The van der Waals surface area contributed by atoms with E-state index in [0.29, 0.717) is 32.2 Å². The Bertz CT molecular complexity index is 785. The Kier molecular flexibility index (Phi) is 5.03. The first-order chi connectivity index (χ1) is 11.5. The van der Waals surface area contributed by atoms with Gasteiger partial charge in [-0.3, -0.25) is 4.98 Å². The third-order valence-electron chi connectivity index (χ3n) is 3.64. The summed E-state index contributed by atoms with van der Waals surface area (Å²) in [5.74, 6) is 0.457. The Balaban J connectivity index is 1.63. The maximum absolute atomic E-state index is 11.6. The van der Waals surface area contributed by atoms with Crippen molar-refractivity contribution in [3.8, 4) is 11.4 Å². The third-order valence-corrected chi connectivity index (χ3v) is 4.91. The van der Waals surface area contributed by atoms with E-state index in [2.05, 4.69) is 20.3 Å². The first-order valence-corrected chi connectivity index (χ1v) is 9.42. The minimum absolute atomic E-state index is 0.240. The molecule has 2 aromatic rings. The number of nitrogens with zero attached hydrogens (tertiary/aromatic N) is 4. The zero-order chi connectivity index (χ0) is 17.0. The summed E-state index contributed by atoms with van der Waals surface area (Å²) in [6, 6.07) is 7.40. The summed E-state index contributed by atoms with van der Waals surface area (Å²) in [5, 5.41) is 3.10. The Hall–Kier alpha value is -2.10. The van der Waals surface area contributed by atoms with Gasteiger partial charge < -0.3 is 10.1 Å². The largest absolute Gasteiger partial charge is 0.374 e. The highest BCUT2D eigenvalue weighted by Gasteiger charge is 2.26. The summed E-state index contributed by atoms with van der Waals surface area (Å²) in [7, 11) is -3.20. The van der Waals surface area contributed by atoms with E-state index >= 15 is 0 Å². The van der Waals surface area contributed by atoms with Crippen LogP contribution in [-0.2, 0) is 14.8 Å². The Morgan fingerprint density at radius 1 is 1.25 bits per heavy atom. The topological polar surface area (TPSA) is 97.3 Å². The molecule has 128 valence electrons. The molecule has 24 heavy (non-hydrogen) atoms. The van der Waals surface area contributed by atoms with Gasteiger partial charge >= 0.3 is 0 Å². The Labute approximate surface area is 141 Å². The third kappa shape index (κ3) is 4.25. The maximum Gasteiger partial charge on any atom is 0.223 e. The normalized spacial score (nSPS) is 19.1. The van der Waals surface area contributed by atoms with Crippen LogP contribution in [0.4, 0.5) is 5.95 Å². The number of sulfonamides is 1. The monoisotopic (exact) mass is 349 g/mol. The van der Waals surface area contributed by atoms with Gasteiger partial charge in [0.2, 0.25) is 16.0 Å². The van der Waals surface area contributed by atoms with Crippen molar-refractivity contribution in [1.82, 2.24) is 19.3 Å². The highest BCUT2D eigenvalue weighted by molar-refractivity contribution is 7.88. The van der Waals surface area contributed by atoms with Crippen molar-refractivity contribution in [2.24, 2.45) is 0 Å². The number of nitrogens with one attached hydrogen (secondary N) is 1. The van der Waals surface area contributed by atoms with Gasteiger partial charge in [0.15, 0.2) is 0 Å². The molecule has 3 heterocycles. The van der Waals surface area contributed by atoms with E-state index in [4.69, 9.17) is 4.74 Å². The lowest BCUT2D eigenvalue weighted by Crippen LogP contribution is -2.47. The van der Waals surface area contributed by atoms with Crippen molar-refractivity contribution in [2.45, 2.75) is 6.10 Å². The SMILES string of the molecule is CS(=O)(=O)N1CCOC(CNc2nccc(-c3ccccn3)n2)C1. The highest BCUT2D eigenvalue weighted by Crippen LogP contribution is 2.15. The van der Waals surface area contributed by atoms with E-state index in [1.807, 2.05) is 18.2 Å². The molecular weight excluding hydrogens is 330 g/mol. The molecule has 1 saturated heterocycles. The van der Waals surface area contributed by atoms with Gasteiger partial charge in [-0.05, 0) is 18.2 Å². The summed E-state index contributed by atoms with van der Waals surface area (Å²) >= 11 is 0. The number of ether oxygens (including phenoxy) is 1. The number of hydrogen-bond donors (Lipinski definition) is 1. The molecule has 1 fully saturated rings. The molecule has 0 aromatic carbocycles. The average molecular weight is 349 g/mol. The summed E-state index contributed by atoms with van der Waals surface area (Å²) in [5.41, 5.74) is 1.48. The van der Waals surface area contributed by atoms with Crippen molar-refractivity contribution in [2.75, 3.05) is 37.8 Å². The van der Waals surface area contributed by atoms with Crippen LogP contribution in [0.3, 0.4) is 0 Å². The van der Waals surface area contributed by atoms with Crippen LogP contribution >= 0.6 is 0 Å². The summed E-state index contributed by atoms with van der Waals surface area (Å²) < 4.78 is 30.3. The van der Waals surface area contributed by atoms with Gasteiger partial charge in [0.25, 0.3) is 0 Å². The minimum Gasteiger partial charge on any atom is -0.374 e. The summed E-state index contributed by atoms with van der Waals surface area (Å²) in [6.07, 6.45) is 4.34. The van der Waals surface area contributed by atoms with E-state index in [0.717, 1.165) is 11.4 Å². The number of rotatable bonds is 5. The van der Waals surface area contributed by atoms with Crippen molar-refractivity contribution < 1.29 is 13.2 Å². The average Bonchev–Trinajstić information content (AvgIpc) is 2.61. The molecule has 0 amide bonds. The van der Waals surface area contributed by atoms with Crippen LogP contribution in [0.2, 0.25) is 0 Å². The van der Waals surface area contributed by atoms with Crippen molar-refractivity contribution >= 4 is 16.0 Å². The molecule has 0 saturated carbocycles. The van der Waals surface area contributed by atoms with Gasteiger partial charge in [0.1, 0.15) is 0 Å². The maximum atomic E-state index is 11.6. The van der Waals surface area contributed by atoms with E-state index < -0.39 is 10.0 Å². The number of pyridine rings is 1. The van der Waals surface area contributed by atoms with Gasteiger partial charge in [-0.25, -0.2) is 18.4 Å². The Morgan fingerprint density at radius 3 is 2.88 bits per heavy atom. The predicted molar refractivity (Wildman–Crippen MR) is 89.9 cm³/mol. The molecule has 1 N–H and O–H groups in total. The molecule has 1 aliphatic rings. The van der Waals surface area contributed by atoms with Crippen molar-refractivity contribution in [3.63, 3.8) is 0 Å². The fraction of sp³-hybridized carbons (Fsp3) is 0.400. The second kappa shape index (κ2) is 7.20. The van der Waals surface area contributed by atoms with E-state index in [1.54, 1.807) is 18.5 Å². The summed E-state index contributed by atoms with van der Waals surface area (Å²) in [6.45, 7) is 1.53. The smallest absolute Gasteiger partial charge is 0.223 e. The molecule has 1 unspecified atom stereocenters. The van der Waals surface area contributed by atoms with Gasteiger partial charge in [-0.1, -0.05) is 6.07 Å². The zero-order valence-electron chi connectivity index (χ0n) is 13.3. The van der Waals surface area contributed by atoms with E-state index in [-0.39, 0.29) is 6.10 Å². The molecule has 1 atom stereocenters. The lowest BCUT2D eigenvalue weighted by molar-refractivity contribution is 0.00696. The fourth-order valence-corrected chi connectivity index (χ4v) is 3.27. The molecule has 0 bridgehead atoms. The van der Waals surface area contributed by atoms with Crippen LogP contribution in [0.15, 0.2) is 36.7 Å². The minimum atomic E-state index is -3.20. The first-order valence-electron chi connectivity index (χ1n) is 7.57.